The van der Waals surface area contributed by atoms with Crippen LogP contribution in [0.1, 0.15) is 21.5 Å². The second-order valence-electron chi connectivity index (χ2n) is 10.6. The molecular formula is C31H35N5O5S2. The van der Waals surface area contributed by atoms with E-state index < -0.39 is 10.0 Å². The number of amides is 1. The second-order valence-corrected chi connectivity index (χ2v) is 13.5. The van der Waals surface area contributed by atoms with E-state index in [0.717, 1.165) is 65.1 Å². The lowest BCUT2D eigenvalue weighted by atomic mass is 10.0. The van der Waals surface area contributed by atoms with Gasteiger partial charge in [-0.15, -0.1) is 0 Å². The average Bonchev–Trinajstić information content (AvgIpc) is 3.50. The molecule has 0 aliphatic carbocycles. The van der Waals surface area contributed by atoms with Crippen LogP contribution in [0.5, 0.6) is 11.5 Å². The van der Waals surface area contributed by atoms with E-state index in [2.05, 4.69) is 15.1 Å². The van der Waals surface area contributed by atoms with E-state index in [0.29, 0.717) is 31.6 Å². The van der Waals surface area contributed by atoms with Crippen LogP contribution in [0.25, 0.3) is 10.2 Å². The number of methoxy groups -OCH3 is 2. The van der Waals surface area contributed by atoms with Crippen molar-refractivity contribution in [2.45, 2.75) is 17.9 Å². The summed E-state index contributed by atoms with van der Waals surface area (Å²) in [6.07, 6.45) is 0.692. The number of fused-ring (bicyclic) bond motifs is 2. The number of rotatable bonds is 9. The van der Waals surface area contributed by atoms with Crippen molar-refractivity contribution in [2.75, 3.05) is 64.9 Å². The van der Waals surface area contributed by atoms with Crippen molar-refractivity contribution in [3.05, 3.63) is 77.4 Å². The Kier molecular flexibility index (Phi) is 8.53. The number of hydrogen-bond acceptors (Lipinski definition) is 9. The van der Waals surface area contributed by atoms with Crippen LogP contribution in [-0.2, 0) is 23.0 Å². The normalized spacial score (nSPS) is 16.2. The smallest absolute Gasteiger partial charge is 0.251 e. The van der Waals surface area contributed by atoms with Crippen LogP contribution in [0, 0.1) is 0 Å². The van der Waals surface area contributed by atoms with Crippen LogP contribution in [0.3, 0.4) is 0 Å². The zero-order valence-corrected chi connectivity index (χ0v) is 25.9. The summed E-state index contributed by atoms with van der Waals surface area (Å²) in [6.45, 7) is 5.40. The van der Waals surface area contributed by atoms with Crippen LogP contribution in [0.15, 0.2) is 65.6 Å². The van der Waals surface area contributed by atoms with Crippen molar-refractivity contribution in [3.63, 3.8) is 0 Å². The Morgan fingerprint density at radius 1 is 0.907 bits per heavy atom. The molecule has 12 heteroatoms. The van der Waals surface area contributed by atoms with Crippen LogP contribution in [0.2, 0.25) is 0 Å². The first-order valence-corrected chi connectivity index (χ1v) is 16.6. The third kappa shape index (κ3) is 6.05. The summed E-state index contributed by atoms with van der Waals surface area (Å²) in [5.74, 6) is 1.31. The predicted octanol–water partition coefficient (Wildman–Crippen LogP) is 3.61. The van der Waals surface area contributed by atoms with E-state index in [1.807, 2.05) is 36.4 Å². The summed E-state index contributed by atoms with van der Waals surface area (Å²) in [6, 6.07) is 17.9. The summed E-state index contributed by atoms with van der Waals surface area (Å²) in [5.41, 5.74) is 3.48. The van der Waals surface area contributed by atoms with Gasteiger partial charge in [-0.2, -0.15) is 4.31 Å². The number of hydrogen-bond donors (Lipinski definition) is 1. The molecule has 3 heterocycles. The molecule has 0 spiro atoms. The monoisotopic (exact) mass is 621 g/mol. The van der Waals surface area contributed by atoms with Gasteiger partial charge in [0.05, 0.1) is 19.1 Å². The first kappa shape index (κ1) is 29.4. The Hall–Kier alpha value is -3.71. The van der Waals surface area contributed by atoms with Gasteiger partial charge in [-0.3, -0.25) is 9.69 Å². The van der Waals surface area contributed by atoms with E-state index in [4.69, 9.17) is 14.5 Å². The van der Waals surface area contributed by atoms with Gasteiger partial charge in [-0.1, -0.05) is 35.6 Å². The molecule has 4 aromatic rings. The third-order valence-corrected chi connectivity index (χ3v) is 11.1. The molecule has 6 rings (SSSR count). The zero-order chi connectivity index (χ0) is 30.0. The molecule has 1 N–H and O–H groups in total. The summed E-state index contributed by atoms with van der Waals surface area (Å²) in [4.78, 5) is 22.4. The molecule has 0 saturated carbocycles. The maximum absolute atomic E-state index is 13.2. The molecule has 226 valence electrons. The van der Waals surface area contributed by atoms with Crippen molar-refractivity contribution in [2.24, 2.45) is 0 Å². The molecule has 10 nitrogen and oxygen atoms in total. The highest BCUT2D eigenvalue weighted by molar-refractivity contribution is 7.89. The topological polar surface area (TPSA) is 104 Å². The fourth-order valence-electron chi connectivity index (χ4n) is 5.60. The van der Waals surface area contributed by atoms with Crippen molar-refractivity contribution < 1.29 is 22.7 Å². The third-order valence-electron chi connectivity index (χ3n) is 8.11. The predicted molar refractivity (Wildman–Crippen MR) is 168 cm³/mol. The number of benzene rings is 3. The number of sulfonamides is 1. The highest BCUT2D eigenvalue weighted by Gasteiger charge is 2.28. The van der Waals surface area contributed by atoms with Crippen molar-refractivity contribution in [1.29, 1.82) is 0 Å². The number of anilines is 1. The highest BCUT2D eigenvalue weighted by Crippen LogP contribution is 2.40. The van der Waals surface area contributed by atoms with Crippen LogP contribution in [-0.4, -0.2) is 88.5 Å². The molecule has 1 aromatic heterocycles. The molecule has 0 radical (unpaired) electrons. The number of piperazine rings is 1. The lowest BCUT2D eigenvalue weighted by molar-refractivity contribution is 0.0947. The van der Waals surface area contributed by atoms with Gasteiger partial charge in [0, 0.05) is 57.9 Å². The minimum Gasteiger partial charge on any atom is -0.495 e. The van der Waals surface area contributed by atoms with Crippen LogP contribution in [0.4, 0.5) is 5.13 Å². The molecule has 43 heavy (non-hydrogen) atoms. The Morgan fingerprint density at radius 2 is 1.60 bits per heavy atom. The quantitative estimate of drug-likeness (QED) is 0.302. The molecule has 2 aliphatic heterocycles. The number of aromatic nitrogens is 1. The summed E-state index contributed by atoms with van der Waals surface area (Å²) in [7, 11) is -0.337. The largest absolute Gasteiger partial charge is 0.495 e. The molecule has 0 bridgehead atoms. The molecular weight excluding hydrogens is 587 g/mol. The van der Waals surface area contributed by atoms with Gasteiger partial charge < -0.3 is 19.7 Å². The van der Waals surface area contributed by atoms with E-state index in [1.54, 1.807) is 37.7 Å². The van der Waals surface area contributed by atoms with Gasteiger partial charge in [0.15, 0.2) is 5.13 Å². The zero-order valence-electron chi connectivity index (χ0n) is 24.3. The minimum absolute atomic E-state index is 0.200. The maximum Gasteiger partial charge on any atom is 0.251 e. The highest BCUT2D eigenvalue weighted by atomic mass is 32.2. The molecule has 1 saturated heterocycles. The van der Waals surface area contributed by atoms with E-state index >= 15 is 0 Å². The Labute approximate surface area is 255 Å². The van der Waals surface area contributed by atoms with E-state index in [1.165, 1.54) is 22.0 Å². The van der Waals surface area contributed by atoms with Gasteiger partial charge in [0.25, 0.3) is 5.91 Å². The molecule has 1 amide bonds. The summed E-state index contributed by atoms with van der Waals surface area (Å²) < 4.78 is 40.0. The van der Waals surface area contributed by atoms with Gasteiger partial charge in [0.1, 0.15) is 21.7 Å². The molecule has 0 atom stereocenters. The van der Waals surface area contributed by atoms with Crippen LogP contribution >= 0.6 is 11.3 Å². The standard InChI is InChI=1S/C31H35N5O5S2/c1-40-26-11-12-27(41-2)29-28(26)33-31(42-29)35-19-17-34(18-20-35)16-14-32-30(37)23-7-9-25(10-8-23)43(38,39)36-15-13-22-5-3-4-6-24(22)21-36/h3-12H,13-21H2,1-2H3,(H,32,37). The number of nitrogens with one attached hydrogen (secondary N) is 1. The number of nitrogens with zero attached hydrogens (tertiary/aromatic N) is 4. The van der Waals surface area contributed by atoms with Gasteiger partial charge >= 0.3 is 0 Å². The SMILES string of the molecule is COc1ccc(OC)c2sc(N3CCN(CCNC(=O)c4ccc(S(=O)(=O)N5CCc6ccccc6C5)cc4)CC3)nc12. The van der Waals surface area contributed by atoms with Gasteiger partial charge in [0.2, 0.25) is 10.0 Å². The Balaban J connectivity index is 0.989. The molecule has 1 fully saturated rings. The summed E-state index contributed by atoms with van der Waals surface area (Å²) in [5, 5.41) is 3.92. The Morgan fingerprint density at radius 3 is 2.33 bits per heavy atom. The van der Waals surface area contributed by atoms with Crippen LogP contribution < -0.4 is 19.7 Å². The average molecular weight is 622 g/mol. The van der Waals surface area contributed by atoms with Gasteiger partial charge in [-0.25, -0.2) is 13.4 Å². The van der Waals surface area contributed by atoms with Gasteiger partial charge in [-0.05, 0) is 53.9 Å². The number of carbonyl (C=O) groups excluding carboxylic acids is 1. The maximum atomic E-state index is 13.2. The van der Waals surface area contributed by atoms with E-state index in [9.17, 15) is 13.2 Å². The minimum atomic E-state index is -3.64. The first-order valence-electron chi connectivity index (χ1n) is 14.3. The molecule has 3 aromatic carbocycles. The number of ether oxygens (including phenoxy) is 2. The second kappa shape index (κ2) is 12.5. The summed E-state index contributed by atoms with van der Waals surface area (Å²) >= 11 is 1.61. The number of carbonyl (C=O) groups is 1. The molecule has 0 unspecified atom stereocenters. The fourth-order valence-corrected chi connectivity index (χ4v) is 8.15. The van der Waals surface area contributed by atoms with E-state index in [-0.39, 0.29) is 10.8 Å². The first-order chi connectivity index (χ1) is 20.9. The lowest BCUT2D eigenvalue weighted by Gasteiger charge is -2.34. The van der Waals surface area contributed by atoms with Crippen molar-refractivity contribution in [1.82, 2.24) is 19.5 Å². The Bertz CT molecular complexity index is 1680. The van der Waals surface area contributed by atoms with Crippen molar-refractivity contribution >= 4 is 42.6 Å². The lowest BCUT2D eigenvalue weighted by Crippen LogP contribution is -2.48. The number of thiazole rings is 1. The molecule has 2 aliphatic rings. The fraction of sp³-hybridized carbons (Fsp3) is 0.355. The van der Waals surface area contributed by atoms with Crippen molar-refractivity contribution in [3.8, 4) is 11.5 Å².